The molecule has 94 valence electrons. The topological polar surface area (TPSA) is 51.2 Å². The molecular formula is C13H18O4. The summed E-state index contributed by atoms with van der Waals surface area (Å²) in [7, 11) is 1.64. The highest BCUT2D eigenvalue weighted by Crippen LogP contribution is 2.35. The van der Waals surface area contributed by atoms with Crippen LogP contribution in [0.2, 0.25) is 0 Å². The Morgan fingerprint density at radius 1 is 1.35 bits per heavy atom. The van der Waals surface area contributed by atoms with Gasteiger partial charge in [0.05, 0.1) is 26.9 Å². The molecule has 0 amide bonds. The standard InChI is InChI=1S/C13H18O4/c1-13(9-14)12(17-13)8-16-7-10-3-5-11(15-2)6-4-10/h3-6,12,14H,7-9H2,1-2H3/t12-,13-/m1/s1. The number of hydrogen-bond acceptors (Lipinski definition) is 4. The number of aliphatic hydroxyl groups is 1. The van der Waals surface area contributed by atoms with Crippen LogP contribution in [0.15, 0.2) is 24.3 Å². The number of rotatable bonds is 6. The number of ether oxygens (including phenoxy) is 3. The van der Waals surface area contributed by atoms with Crippen molar-refractivity contribution < 1.29 is 19.3 Å². The Morgan fingerprint density at radius 2 is 2.06 bits per heavy atom. The minimum atomic E-state index is -0.389. The average molecular weight is 238 g/mol. The van der Waals surface area contributed by atoms with Crippen LogP contribution in [0.1, 0.15) is 12.5 Å². The molecule has 0 aromatic heterocycles. The van der Waals surface area contributed by atoms with Gasteiger partial charge < -0.3 is 19.3 Å². The molecule has 0 saturated carbocycles. The van der Waals surface area contributed by atoms with Gasteiger partial charge in [0.1, 0.15) is 17.5 Å². The van der Waals surface area contributed by atoms with Crippen LogP contribution >= 0.6 is 0 Å². The van der Waals surface area contributed by atoms with Crippen molar-refractivity contribution in [3.63, 3.8) is 0 Å². The van der Waals surface area contributed by atoms with E-state index < -0.39 is 0 Å². The van der Waals surface area contributed by atoms with Crippen molar-refractivity contribution in [2.24, 2.45) is 0 Å². The van der Waals surface area contributed by atoms with E-state index in [-0.39, 0.29) is 18.3 Å². The van der Waals surface area contributed by atoms with E-state index in [4.69, 9.17) is 19.3 Å². The zero-order valence-corrected chi connectivity index (χ0v) is 10.2. The third-order valence-electron chi connectivity index (χ3n) is 3.05. The number of epoxide rings is 1. The molecule has 1 fully saturated rings. The van der Waals surface area contributed by atoms with E-state index in [1.165, 1.54) is 0 Å². The van der Waals surface area contributed by atoms with Gasteiger partial charge in [-0.1, -0.05) is 12.1 Å². The Bertz CT molecular complexity index is 362. The van der Waals surface area contributed by atoms with E-state index in [1.807, 2.05) is 31.2 Å². The summed E-state index contributed by atoms with van der Waals surface area (Å²) < 4.78 is 15.9. The largest absolute Gasteiger partial charge is 0.497 e. The molecule has 0 radical (unpaired) electrons. The van der Waals surface area contributed by atoms with E-state index in [1.54, 1.807) is 7.11 Å². The maximum Gasteiger partial charge on any atom is 0.118 e. The van der Waals surface area contributed by atoms with Gasteiger partial charge in [0, 0.05) is 0 Å². The van der Waals surface area contributed by atoms with Gasteiger partial charge in [0.15, 0.2) is 0 Å². The molecule has 1 N–H and O–H groups in total. The van der Waals surface area contributed by atoms with Gasteiger partial charge in [-0.05, 0) is 24.6 Å². The Morgan fingerprint density at radius 3 is 2.59 bits per heavy atom. The van der Waals surface area contributed by atoms with Crippen LogP contribution in [0.5, 0.6) is 5.75 Å². The highest BCUT2D eigenvalue weighted by molar-refractivity contribution is 5.26. The first-order valence-corrected chi connectivity index (χ1v) is 5.67. The van der Waals surface area contributed by atoms with Gasteiger partial charge in [-0.25, -0.2) is 0 Å². The molecule has 1 aromatic carbocycles. The summed E-state index contributed by atoms with van der Waals surface area (Å²) in [5, 5.41) is 9.02. The fourth-order valence-corrected chi connectivity index (χ4v) is 1.65. The number of benzene rings is 1. The third-order valence-corrected chi connectivity index (χ3v) is 3.05. The predicted molar refractivity (Wildman–Crippen MR) is 63.0 cm³/mol. The third kappa shape index (κ3) is 2.97. The maximum atomic E-state index is 9.02. The van der Waals surface area contributed by atoms with Crippen LogP contribution in [0.25, 0.3) is 0 Å². The first-order chi connectivity index (χ1) is 8.18. The summed E-state index contributed by atoms with van der Waals surface area (Å²) in [6, 6.07) is 7.75. The van der Waals surface area contributed by atoms with Gasteiger partial charge in [-0.15, -0.1) is 0 Å². The maximum absolute atomic E-state index is 9.02. The molecule has 0 unspecified atom stereocenters. The highest BCUT2D eigenvalue weighted by Gasteiger charge is 2.51. The van der Waals surface area contributed by atoms with Crippen molar-refractivity contribution in [1.82, 2.24) is 0 Å². The molecule has 1 aliphatic heterocycles. The summed E-state index contributed by atoms with van der Waals surface area (Å²) in [6.07, 6.45) is 0.0192. The first kappa shape index (κ1) is 12.4. The molecule has 0 aliphatic carbocycles. The van der Waals surface area contributed by atoms with E-state index in [0.717, 1.165) is 11.3 Å². The normalized spacial score (nSPS) is 26.9. The molecule has 1 aliphatic rings. The lowest BCUT2D eigenvalue weighted by atomic mass is 10.1. The van der Waals surface area contributed by atoms with Gasteiger partial charge in [-0.2, -0.15) is 0 Å². The van der Waals surface area contributed by atoms with E-state index >= 15 is 0 Å². The quantitative estimate of drug-likeness (QED) is 0.760. The second-order valence-corrected chi connectivity index (χ2v) is 4.44. The van der Waals surface area contributed by atoms with Crippen LogP contribution in [0, 0.1) is 0 Å². The van der Waals surface area contributed by atoms with Crippen LogP contribution in [0.3, 0.4) is 0 Å². The minimum Gasteiger partial charge on any atom is -0.497 e. The minimum absolute atomic E-state index is 0.0192. The molecule has 1 heterocycles. The summed E-state index contributed by atoms with van der Waals surface area (Å²) >= 11 is 0. The molecule has 4 heteroatoms. The first-order valence-electron chi connectivity index (χ1n) is 5.67. The Kier molecular flexibility index (Phi) is 3.66. The SMILES string of the molecule is COc1ccc(COC[C@H]2O[C@]2(C)CO)cc1. The van der Waals surface area contributed by atoms with Gasteiger partial charge >= 0.3 is 0 Å². The van der Waals surface area contributed by atoms with Crippen molar-refractivity contribution in [3.05, 3.63) is 29.8 Å². The zero-order chi connectivity index (χ0) is 12.3. The molecule has 17 heavy (non-hydrogen) atoms. The monoisotopic (exact) mass is 238 g/mol. The van der Waals surface area contributed by atoms with E-state index in [2.05, 4.69) is 0 Å². The van der Waals surface area contributed by atoms with E-state index in [9.17, 15) is 0 Å². The molecule has 0 bridgehead atoms. The van der Waals surface area contributed by atoms with Gasteiger partial charge in [0.2, 0.25) is 0 Å². The Hall–Kier alpha value is -1.10. The van der Waals surface area contributed by atoms with E-state index in [0.29, 0.717) is 13.2 Å². The van der Waals surface area contributed by atoms with Crippen LogP contribution in [-0.2, 0) is 16.1 Å². The van der Waals surface area contributed by atoms with Gasteiger partial charge in [0.25, 0.3) is 0 Å². The Labute approximate surface area is 101 Å². The summed E-state index contributed by atoms with van der Waals surface area (Å²) in [5.74, 6) is 0.840. The molecule has 2 atom stereocenters. The van der Waals surface area contributed by atoms with Crippen molar-refractivity contribution in [1.29, 1.82) is 0 Å². The van der Waals surface area contributed by atoms with Crippen molar-refractivity contribution in [2.45, 2.75) is 25.2 Å². The van der Waals surface area contributed by atoms with Crippen molar-refractivity contribution in [2.75, 3.05) is 20.3 Å². The Balaban J connectivity index is 1.72. The molecule has 4 nitrogen and oxygen atoms in total. The zero-order valence-electron chi connectivity index (χ0n) is 10.2. The number of hydrogen-bond donors (Lipinski definition) is 1. The summed E-state index contributed by atoms with van der Waals surface area (Å²) in [4.78, 5) is 0. The molecule has 2 rings (SSSR count). The molecule has 1 saturated heterocycles. The predicted octanol–water partition coefficient (Wildman–Crippen LogP) is 1.36. The van der Waals surface area contributed by atoms with Crippen LogP contribution in [-0.4, -0.2) is 37.1 Å². The fourth-order valence-electron chi connectivity index (χ4n) is 1.65. The second kappa shape index (κ2) is 5.04. The number of methoxy groups -OCH3 is 1. The lowest BCUT2D eigenvalue weighted by Crippen LogP contribution is -2.18. The lowest BCUT2D eigenvalue weighted by molar-refractivity contribution is 0.104. The average Bonchev–Trinajstić information content (AvgIpc) is 3.02. The van der Waals surface area contributed by atoms with Crippen molar-refractivity contribution in [3.8, 4) is 5.75 Å². The van der Waals surface area contributed by atoms with Crippen LogP contribution < -0.4 is 4.74 Å². The fraction of sp³-hybridized carbons (Fsp3) is 0.538. The molecular weight excluding hydrogens is 220 g/mol. The molecule has 1 aromatic rings. The lowest BCUT2D eigenvalue weighted by Gasteiger charge is -2.05. The highest BCUT2D eigenvalue weighted by atomic mass is 16.6. The van der Waals surface area contributed by atoms with Gasteiger partial charge in [-0.3, -0.25) is 0 Å². The van der Waals surface area contributed by atoms with Crippen molar-refractivity contribution >= 4 is 0 Å². The van der Waals surface area contributed by atoms with Crippen LogP contribution in [0.4, 0.5) is 0 Å². The molecule has 0 spiro atoms. The summed E-state index contributed by atoms with van der Waals surface area (Å²) in [5.41, 5.74) is 0.706. The number of aliphatic hydroxyl groups excluding tert-OH is 1. The summed E-state index contributed by atoms with van der Waals surface area (Å²) in [6.45, 7) is 2.99. The second-order valence-electron chi connectivity index (χ2n) is 4.44. The smallest absolute Gasteiger partial charge is 0.118 e.